The number of imidazole rings is 1. The van der Waals surface area contributed by atoms with E-state index in [0.29, 0.717) is 13.1 Å². The van der Waals surface area contributed by atoms with Crippen molar-refractivity contribution in [2.45, 2.75) is 26.0 Å². The molecule has 1 aromatic heterocycles. The summed E-state index contributed by atoms with van der Waals surface area (Å²) >= 11 is 0. The number of nitrogens with zero attached hydrogens (tertiary/aromatic N) is 2. The molecule has 2 N–H and O–H groups in total. The van der Waals surface area contributed by atoms with Crippen LogP contribution in [-0.2, 0) is 12.1 Å². The van der Waals surface area contributed by atoms with Crippen molar-refractivity contribution in [3.8, 4) is 5.69 Å². The molecule has 3 rings (SSSR count). The van der Waals surface area contributed by atoms with Gasteiger partial charge in [0.15, 0.2) is 0 Å². The highest BCUT2D eigenvalue weighted by atomic mass is 16.3. The molecule has 4 heteroatoms. The van der Waals surface area contributed by atoms with Crippen LogP contribution in [0.15, 0.2) is 66.9 Å². The van der Waals surface area contributed by atoms with E-state index >= 15 is 0 Å². The number of para-hydroxylation sites is 1. The summed E-state index contributed by atoms with van der Waals surface area (Å²) in [5.41, 5.74) is 2.17. The molecular weight excluding hydrogens is 298 g/mol. The number of benzene rings is 2. The van der Waals surface area contributed by atoms with Crippen LogP contribution in [0.3, 0.4) is 0 Å². The summed E-state index contributed by atoms with van der Waals surface area (Å²) in [6, 6.07) is 19.9. The lowest BCUT2D eigenvalue weighted by molar-refractivity contribution is 0.0565. The predicted octanol–water partition coefficient (Wildman–Crippen LogP) is 3.18. The van der Waals surface area contributed by atoms with Crippen molar-refractivity contribution in [3.05, 3.63) is 83.9 Å². The molecule has 24 heavy (non-hydrogen) atoms. The van der Waals surface area contributed by atoms with Gasteiger partial charge < -0.3 is 10.4 Å². The highest BCUT2D eigenvalue weighted by molar-refractivity contribution is 5.35. The molecule has 0 saturated heterocycles. The Kier molecular flexibility index (Phi) is 4.79. The number of nitrogens with one attached hydrogen (secondary N) is 1. The quantitative estimate of drug-likeness (QED) is 0.733. The maximum absolute atomic E-state index is 10.7. The van der Waals surface area contributed by atoms with Crippen molar-refractivity contribution < 1.29 is 5.11 Å². The molecule has 2 aromatic carbocycles. The van der Waals surface area contributed by atoms with Crippen molar-refractivity contribution in [3.63, 3.8) is 0 Å². The molecule has 0 fully saturated rings. The molecule has 0 spiro atoms. The molecule has 1 unspecified atom stereocenters. The second kappa shape index (κ2) is 6.99. The van der Waals surface area contributed by atoms with Crippen molar-refractivity contribution in [2.75, 3.05) is 6.54 Å². The van der Waals surface area contributed by atoms with Gasteiger partial charge in [0.2, 0.25) is 0 Å². The highest BCUT2D eigenvalue weighted by Crippen LogP contribution is 2.19. The highest BCUT2D eigenvalue weighted by Gasteiger charge is 2.22. The van der Waals surface area contributed by atoms with Gasteiger partial charge >= 0.3 is 0 Å². The van der Waals surface area contributed by atoms with E-state index in [9.17, 15) is 5.11 Å². The summed E-state index contributed by atoms with van der Waals surface area (Å²) in [5.74, 6) is 0.952. The van der Waals surface area contributed by atoms with Gasteiger partial charge in [-0.25, -0.2) is 4.98 Å². The standard InChI is InChI=1S/C20H23N3O/c1-16-22-14-19(23(16)18-11-7-4-8-12-18)13-21-15-20(2,24)17-9-5-3-6-10-17/h3-12,14,21,24H,13,15H2,1-2H3. The van der Waals surface area contributed by atoms with E-state index in [1.807, 2.05) is 68.6 Å². The van der Waals surface area contributed by atoms with Crippen LogP contribution in [0.4, 0.5) is 0 Å². The zero-order chi connectivity index (χ0) is 17.0. The summed E-state index contributed by atoms with van der Waals surface area (Å²) in [5, 5.41) is 14.0. The van der Waals surface area contributed by atoms with E-state index < -0.39 is 5.60 Å². The second-order valence-electron chi connectivity index (χ2n) is 6.21. The lowest BCUT2D eigenvalue weighted by Gasteiger charge is -2.24. The lowest BCUT2D eigenvalue weighted by atomic mass is 9.96. The largest absolute Gasteiger partial charge is 0.384 e. The van der Waals surface area contributed by atoms with E-state index in [0.717, 1.165) is 22.8 Å². The van der Waals surface area contributed by atoms with Gasteiger partial charge in [0, 0.05) is 18.8 Å². The number of rotatable bonds is 6. The van der Waals surface area contributed by atoms with Crippen LogP contribution in [0.1, 0.15) is 24.0 Å². The van der Waals surface area contributed by atoms with Gasteiger partial charge in [-0.1, -0.05) is 48.5 Å². The summed E-state index contributed by atoms with van der Waals surface area (Å²) in [7, 11) is 0. The second-order valence-corrected chi connectivity index (χ2v) is 6.21. The van der Waals surface area contributed by atoms with Gasteiger partial charge in [-0.3, -0.25) is 4.57 Å². The maximum Gasteiger partial charge on any atom is 0.110 e. The molecule has 0 saturated carbocycles. The molecular formula is C20H23N3O. The first-order valence-corrected chi connectivity index (χ1v) is 8.15. The monoisotopic (exact) mass is 321 g/mol. The Hall–Kier alpha value is -2.43. The first-order valence-electron chi connectivity index (χ1n) is 8.15. The van der Waals surface area contributed by atoms with Crippen molar-refractivity contribution in [2.24, 2.45) is 0 Å². The van der Waals surface area contributed by atoms with Crippen LogP contribution in [0.25, 0.3) is 5.69 Å². The van der Waals surface area contributed by atoms with Gasteiger partial charge in [-0.2, -0.15) is 0 Å². The Labute approximate surface area is 142 Å². The third-order valence-corrected chi connectivity index (χ3v) is 4.20. The SMILES string of the molecule is Cc1ncc(CNCC(C)(O)c2ccccc2)n1-c1ccccc1. The van der Waals surface area contributed by atoms with Crippen molar-refractivity contribution in [1.29, 1.82) is 0 Å². The molecule has 0 bridgehead atoms. The van der Waals surface area contributed by atoms with Crippen LogP contribution >= 0.6 is 0 Å². The van der Waals surface area contributed by atoms with Crippen LogP contribution in [-0.4, -0.2) is 21.2 Å². The number of aromatic nitrogens is 2. The smallest absolute Gasteiger partial charge is 0.110 e. The topological polar surface area (TPSA) is 50.1 Å². The van der Waals surface area contributed by atoms with Crippen molar-refractivity contribution in [1.82, 2.24) is 14.9 Å². The Morgan fingerprint density at radius 2 is 1.67 bits per heavy atom. The van der Waals surface area contributed by atoms with E-state index in [4.69, 9.17) is 0 Å². The summed E-state index contributed by atoms with van der Waals surface area (Å²) in [6.45, 7) is 4.93. The van der Waals surface area contributed by atoms with E-state index in [1.165, 1.54) is 0 Å². The normalized spacial score (nSPS) is 13.6. The summed E-state index contributed by atoms with van der Waals surface area (Å²) in [4.78, 5) is 4.43. The number of aliphatic hydroxyl groups is 1. The number of aryl methyl sites for hydroxylation is 1. The Morgan fingerprint density at radius 1 is 1.04 bits per heavy atom. The zero-order valence-electron chi connectivity index (χ0n) is 14.1. The first kappa shape index (κ1) is 16.4. The fourth-order valence-electron chi connectivity index (χ4n) is 2.88. The third kappa shape index (κ3) is 3.55. The average Bonchev–Trinajstić information content (AvgIpc) is 2.97. The minimum atomic E-state index is -0.909. The molecule has 0 aliphatic heterocycles. The molecule has 0 aliphatic rings. The van der Waals surface area contributed by atoms with E-state index in [2.05, 4.69) is 27.0 Å². The molecule has 1 atom stereocenters. The molecule has 0 amide bonds. The zero-order valence-corrected chi connectivity index (χ0v) is 14.1. The lowest BCUT2D eigenvalue weighted by Crippen LogP contribution is -2.35. The van der Waals surface area contributed by atoms with Gasteiger partial charge in [0.1, 0.15) is 5.82 Å². The molecule has 124 valence electrons. The van der Waals surface area contributed by atoms with Crippen LogP contribution in [0.2, 0.25) is 0 Å². The molecule has 4 nitrogen and oxygen atoms in total. The molecule has 1 heterocycles. The average molecular weight is 321 g/mol. The Balaban J connectivity index is 1.70. The summed E-state index contributed by atoms with van der Waals surface area (Å²) in [6.07, 6.45) is 1.88. The Morgan fingerprint density at radius 3 is 2.33 bits per heavy atom. The predicted molar refractivity (Wildman–Crippen MR) is 96.0 cm³/mol. The minimum absolute atomic E-state index is 0.468. The first-order chi connectivity index (χ1) is 11.6. The third-order valence-electron chi connectivity index (χ3n) is 4.20. The molecule has 3 aromatic rings. The van der Waals surface area contributed by atoms with Gasteiger partial charge in [0.05, 0.1) is 17.5 Å². The van der Waals surface area contributed by atoms with Crippen LogP contribution < -0.4 is 5.32 Å². The Bertz CT molecular complexity index is 779. The molecule has 0 aliphatic carbocycles. The minimum Gasteiger partial charge on any atom is -0.384 e. The maximum atomic E-state index is 10.7. The van der Waals surface area contributed by atoms with Crippen LogP contribution in [0.5, 0.6) is 0 Å². The number of hydrogen-bond donors (Lipinski definition) is 2. The van der Waals surface area contributed by atoms with Gasteiger partial charge in [0.25, 0.3) is 0 Å². The fourth-order valence-corrected chi connectivity index (χ4v) is 2.88. The number of hydrogen-bond acceptors (Lipinski definition) is 3. The summed E-state index contributed by atoms with van der Waals surface area (Å²) < 4.78 is 2.13. The fraction of sp³-hybridized carbons (Fsp3) is 0.250. The van der Waals surface area contributed by atoms with Crippen molar-refractivity contribution >= 4 is 0 Å². The van der Waals surface area contributed by atoms with E-state index in [1.54, 1.807) is 0 Å². The molecule has 0 radical (unpaired) electrons. The van der Waals surface area contributed by atoms with E-state index in [-0.39, 0.29) is 0 Å². The van der Waals surface area contributed by atoms with Gasteiger partial charge in [-0.15, -0.1) is 0 Å². The van der Waals surface area contributed by atoms with Gasteiger partial charge in [-0.05, 0) is 31.5 Å². The van der Waals surface area contributed by atoms with Crippen LogP contribution in [0, 0.1) is 6.92 Å².